The number of benzene rings is 2. The van der Waals surface area contributed by atoms with E-state index in [0.29, 0.717) is 41.1 Å². The number of carbonyl (C=O) groups is 2. The molecule has 2 heterocycles. The number of halogens is 1. The van der Waals surface area contributed by atoms with Gasteiger partial charge < -0.3 is 10.6 Å². The molecule has 170 valence electrons. The molecular weight excluding hydrogens is 429 g/mol. The number of nitrogens with one attached hydrogen (secondary N) is 2. The Labute approximate surface area is 197 Å². The first-order valence-electron chi connectivity index (χ1n) is 11.3. The fourth-order valence-electron chi connectivity index (χ4n) is 4.88. The Hall–Kier alpha value is -4.06. The van der Waals surface area contributed by atoms with E-state index in [1.807, 2.05) is 55.5 Å². The molecule has 0 radical (unpaired) electrons. The van der Waals surface area contributed by atoms with Crippen molar-refractivity contribution in [1.82, 2.24) is 10.3 Å². The maximum atomic E-state index is 13.5. The molecule has 6 heteroatoms. The van der Waals surface area contributed by atoms with E-state index in [1.54, 1.807) is 6.20 Å². The van der Waals surface area contributed by atoms with Gasteiger partial charge >= 0.3 is 0 Å². The minimum atomic E-state index is -0.581. The molecule has 1 aromatic heterocycles. The van der Waals surface area contributed by atoms with Gasteiger partial charge in [-0.1, -0.05) is 36.4 Å². The predicted molar refractivity (Wildman–Crippen MR) is 128 cm³/mol. The zero-order valence-corrected chi connectivity index (χ0v) is 18.7. The number of nitrogens with zero attached hydrogens (tertiary/aromatic N) is 1. The fourth-order valence-corrected chi connectivity index (χ4v) is 4.88. The van der Waals surface area contributed by atoms with Crippen molar-refractivity contribution < 1.29 is 14.0 Å². The van der Waals surface area contributed by atoms with Crippen molar-refractivity contribution in [3.8, 4) is 0 Å². The lowest BCUT2D eigenvalue weighted by Crippen LogP contribution is -2.37. The van der Waals surface area contributed by atoms with E-state index in [-0.39, 0.29) is 23.4 Å². The number of carbonyl (C=O) groups excluding carboxylic acids is 2. The third-order valence-corrected chi connectivity index (χ3v) is 6.43. The Balaban J connectivity index is 1.54. The number of dihydropyridines is 1. The molecule has 3 aromatic rings. The lowest BCUT2D eigenvalue weighted by Gasteiger charge is -2.36. The van der Waals surface area contributed by atoms with Crippen molar-refractivity contribution in [3.05, 3.63) is 119 Å². The molecule has 2 N–H and O–H groups in total. The van der Waals surface area contributed by atoms with Gasteiger partial charge in [-0.15, -0.1) is 0 Å². The number of aromatic nitrogens is 1. The second-order valence-electron chi connectivity index (χ2n) is 8.64. The molecule has 0 fully saturated rings. The van der Waals surface area contributed by atoms with Crippen LogP contribution in [0, 0.1) is 5.82 Å². The van der Waals surface area contributed by atoms with E-state index in [1.165, 1.54) is 24.3 Å². The molecule has 0 saturated carbocycles. The monoisotopic (exact) mass is 453 g/mol. The van der Waals surface area contributed by atoms with E-state index in [4.69, 9.17) is 0 Å². The topological polar surface area (TPSA) is 71.1 Å². The zero-order chi connectivity index (χ0) is 23.7. The summed E-state index contributed by atoms with van der Waals surface area (Å²) in [5.41, 5.74) is 4.80. The first kappa shape index (κ1) is 21.8. The summed E-state index contributed by atoms with van der Waals surface area (Å²) < 4.78 is 13.3. The van der Waals surface area contributed by atoms with Gasteiger partial charge in [0.1, 0.15) is 5.82 Å². The number of allylic oxidation sites excluding steroid dienone is 3. The normalized spacial score (nSPS) is 20.0. The maximum Gasteiger partial charge on any atom is 0.254 e. The van der Waals surface area contributed by atoms with Crippen LogP contribution in [0.1, 0.15) is 42.9 Å². The number of amides is 1. The first-order chi connectivity index (χ1) is 16.5. The number of Topliss-reactive ketones (excluding diaryl/α,β-unsaturated/α-hetero) is 1. The molecule has 0 bridgehead atoms. The summed E-state index contributed by atoms with van der Waals surface area (Å²) >= 11 is 0. The molecule has 2 aromatic carbocycles. The van der Waals surface area contributed by atoms with Gasteiger partial charge in [0.2, 0.25) is 0 Å². The number of pyridine rings is 1. The molecule has 5 nitrogen and oxygen atoms in total. The van der Waals surface area contributed by atoms with E-state index < -0.39 is 5.92 Å². The fraction of sp³-hybridized carbons (Fsp3) is 0.179. The quantitative estimate of drug-likeness (QED) is 0.568. The smallest absolute Gasteiger partial charge is 0.254 e. The van der Waals surface area contributed by atoms with Crippen molar-refractivity contribution in [2.24, 2.45) is 0 Å². The number of hydrogen-bond acceptors (Lipinski definition) is 4. The summed E-state index contributed by atoms with van der Waals surface area (Å²) in [6.45, 7) is 1.84. The van der Waals surface area contributed by atoms with Crippen LogP contribution in [-0.4, -0.2) is 16.7 Å². The molecule has 1 amide bonds. The number of anilines is 1. The molecule has 1 aliphatic carbocycles. The van der Waals surface area contributed by atoms with Gasteiger partial charge in [-0.2, -0.15) is 0 Å². The van der Waals surface area contributed by atoms with Crippen LogP contribution in [0.25, 0.3) is 0 Å². The van der Waals surface area contributed by atoms with Crippen molar-refractivity contribution in [2.75, 3.05) is 5.32 Å². The summed E-state index contributed by atoms with van der Waals surface area (Å²) in [6.07, 6.45) is 2.72. The zero-order valence-electron chi connectivity index (χ0n) is 18.7. The van der Waals surface area contributed by atoms with Crippen LogP contribution in [0.3, 0.4) is 0 Å². The third kappa shape index (κ3) is 4.15. The Morgan fingerprint density at radius 2 is 1.74 bits per heavy atom. The largest absolute Gasteiger partial charge is 0.362 e. The summed E-state index contributed by atoms with van der Waals surface area (Å²) in [5.74, 6) is -1.22. The second-order valence-corrected chi connectivity index (χ2v) is 8.64. The first-order valence-corrected chi connectivity index (χ1v) is 11.3. The molecule has 1 aliphatic heterocycles. The highest BCUT2D eigenvalue weighted by Crippen LogP contribution is 2.45. The Morgan fingerprint density at radius 3 is 2.44 bits per heavy atom. The van der Waals surface area contributed by atoms with Crippen LogP contribution >= 0.6 is 0 Å². The van der Waals surface area contributed by atoms with Gasteiger partial charge in [0.05, 0.1) is 11.6 Å². The van der Waals surface area contributed by atoms with Crippen molar-refractivity contribution in [1.29, 1.82) is 0 Å². The standard InChI is InChI=1S/C28H24FN3O2/c1-17-25(28(34)32-21-12-10-20(29)11-13-21)27(22-9-5-6-14-30-22)26-23(31-17)15-19(16-24(26)33)18-7-3-2-4-8-18/h2-14,19,27,31H,15-16H2,1H3,(H,32,34)/t19-,27-/m0/s1. The minimum Gasteiger partial charge on any atom is -0.362 e. The van der Waals surface area contributed by atoms with Crippen LogP contribution in [0.5, 0.6) is 0 Å². The van der Waals surface area contributed by atoms with Gasteiger partial charge in [-0.3, -0.25) is 14.6 Å². The van der Waals surface area contributed by atoms with Crippen LogP contribution in [0.15, 0.2) is 102 Å². The molecule has 2 atom stereocenters. The third-order valence-electron chi connectivity index (χ3n) is 6.43. The average Bonchev–Trinajstić information content (AvgIpc) is 2.85. The van der Waals surface area contributed by atoms with Crippen LogP contribution in [0.2, 0.25) is 0 Å². The Kier molecular flexibility index (Phi) is 5.80. The maximum absolute atomic E-state index is 13.5. The van der Waals surface area contributed by atoms with Crippen molar-refractivity contribution in [3.63, 3.8) is 0 Å². The molecule has 5 rings (SSSR count). The minimum absolute atomic E-state index is 0.0119. The van der Waals surface area contributed by atoms with Gasteiger partial charge in [-0.05, 0) is 61.2 Å². The summed E-state index contributed by atoms with van der Waals surface area (Å²) in [7, 11) is 0. The van der Waals surface area contributed by atoms with E-state index in [0.717, 1.165) is 11.3 Å². The highest BCUT2D eigenvalue weighted by Gasteiger charge is 2.41. The average molecular weight is 454 g/mol. The van der Waals surface area contributed by atoms with Gasteiger partial charge in [0, 0.05) is 40.8 Å². The van der Waals surface area contributed by atoms with E-state index in [9.17, 15) is 14.0 Å². The SMILES string of the molecule is CC1=C(C(=O)Nc2ccc(F)cc2)[C@H](c2ccccn2)C2=C(C[C@H](c3ccccc3)CC2=O)N1. The van der Waals surface area contributed by atoms with Crippen LogP contribution in [-0.2, 0) is 9.59 Å². The predicted octanol–water partition coefficient (Wildman–Crippen LogP) is 5.22. The summed E-state index contributed by atoms with van der Waals surface area (Å²) in [5, 5.41) is 6.21. The highest BCUT2D eigenvalue weighted by molar-refractivity contribution is 6.09. The van der Waals surface area contributed by atoms with Gasteiger partial charge in [-0.25, -0.2) is 4.39 Å². The Bertz CT molecular complexity index is 1300. The molecule has 0 saturated heterocycles. The molecule has 0 unspecified atom stereocenters. The molecule has 34 heavy (non-hydrogen) atoms. The van der Waals surface area contributed by atoms with Crippen molar-refractivity contribution in [2.45, 2.75) is 31.6 Å². The molecule has 0 spiro atoms. The lowest BCUT2D eigenvalue weighted by molar-refractivity contribution is -0.116. The number of hydrogen-bond donors (Lipinski definition) is 2. The van der Waals surface area contributed by atoms with Crippen LogP contribution < -0.4 is 10.6 Å². The van der Waals surface area contributed by atoms with E-state index >= 15 is 0 Å². The van der Waals surface area contributed by atoms with Crippen molar-refractivity contribution >= 4 is 17.4 Å². The van der Waals surface area contributed by atoms with E-state index in [2.05, 4.69) is 15.6 Å². The molecule has 2 aliphatic rings. The van der Waals surface area contributed by atoms with Gasteiger partial charge in [0.25, 0.3) is 5.91 Å². The second kappa shape index (κ2) is 9.06. The van der Waals surface area contributed by atoms with Crippen LogP contribution in [0.4, 0.5) is 10.1 Å². The molecular formula is C28H24FN3O2. The highest BCUT2D eigenvalue weighted by atomic mass is 19.1. The summed E-state index contributed by atoms with van der Waals surface area (Å²) in [6, 6.07) is 21.1. The number of rotatable bonds is 4. The number of ketones is 1. The lowest BCUT2D eigenvalue weighted by atomic mass is 9.72. The van der Waals surface area contributed by atoms with Gasteiger partial charge in [0.15, 0.2) is 5.78 Å². The Morgan fingerprint density at radius 1 is 1.00 bits per heavy atom. The summed E-state index contributed by atoms with van der Waals surface area (Å²) in [4.78, 5) is 31.5.